The minimum absolute atomic E-state index is 0.0185. The minimum Gasteiger partial charge on any atom is -0.493 e. The van der Waals surface area contributed by atoms with Gasteiger partial charge in [-0.15, -0.1) is 0 Å². The number of nitrogens with one attached hydrogen (secondary N) is 3. The highest BCUT2D eigenvalue weighted by Crippen LogP contribution is 2.35. The first-order valence-electron chi connectivity index (χ1n) is 8.10. The molecule has 2 amide bonds. The van der Waals surface area contributed by atoms with Crippen molar-refractivity contribution in [1.29, 1.82) is 0 Å². The average Bonchev–Trinajstić information content (AvgIpc) is 3.00. The van der Waals surface area contributed by atoms with Crippen LogP contribution in [0.5, 0.6) is 5.75 Å². The van der Waals surface area contributed by atoms with Crippen molar-refractivity contribution in [2.45, 2.75) is 25.7 Å². The lowest BCUT2D eigenvalue weighted by atomic mass is 9.97. The van der Waals surface area contributed by atoms with E-state index in [-0.39, 0.29) is 18.9 Å². The van der Waals surface area contributed by atoms with Crippen LogP contribution in [-0.4, -0.2) is 43.4 Å². The Bertz CT molecular complexity index is 817. The molecule has 1 aliphatic rings. The van der Waals surface area contributed by atoms with Crippen LogP contribution in [0, 0.1) is 0 Å². The summed E-state index contributed by atoms with van der Waals surface area (Å²) in [6.45, 7) is 0.662. The second-order valence-electron chi connectivity index (χ2n) is 5.82. The molecule has 0 bridgehead atoms. The first kappa shape index (κ1) is 17.2. The molecule has 25 heavy (non-hydrogen) atoms. The van der Waals surface area contributed by atoms with Gasteiger partial charge in [-0.2, -0.15) is 8.78 Å². The zero-order valence-corrected chi connectivity index (χ0v) is 13.7. The Labute approximate surface area is 142 Å². The Morgan fingerprint density at radius 1 is 1.36 bits per heavy atom. The molecule has 2 heterocycles. The quantitative estimate of drug-likeness (QED) is 0.768. The fourth-order valence-electron chi connectivity index (χ4n) is 3.18. The van der Waals surface area contributed by atoms with Crippen LogP contribution in [-0.2, 0) is 17.6 Å². The number of carbonyl (C=O) groups excluding carboxylic acids is 2. The van der Waals surface area contributed by atoms with E-state index in [0.29, 0.717) is 17.9 Å². The van der Waals surface area contributed by atoms with Gasteiger partial charge in [0.1, 0.15) is 11.4 Å². The Morgan fingerprint density at radius 3 is 2.88 bits per heavy atom. The molecular formula is C17H19F2N3O3. The first-order valence-corrected chi connectivity index (χ1v) is 8.10. The number of benzene rings is 1. The number of alkyl halides is 2. The van der Waals surface area contributed by atoms with Crippen molar-refractivity contribution in [2.24, 2.45) is 0 Å². The Morgan fingerprint density at radius 2 is 2.16 bits per heavy atom. The summed E-state index contributed by atoms with van der Waals surface area (Å²) in [5.74, 6) is -0.831. The standard InChI is InChI=1S/C17H19F2N3O3/c1-20-16(23)14-10(6-7-21-17(24)15(18)19)13-9-3-2-8-25-12(9)5-4-11(13)22-14/h4-5,15,22H,2-3,6-8H2,1H3,(H,20,23)(H,21,24). The largest absolute Gasteiger partial charge is 0.493 e. The van der Waals surface area contributed by atoms with E-state index in [0.717, 1.165) is 35.1 Å². The summed E-state index contributed by atoms with van der Waals surface area (Å²) in [6.07, 6.45) is -1.11. The third kappa shape index (κ3) is 3.29. The summed E-state index contributed by atoms with van der Waals surface area (Å²) < 4.78 is 30.3. The van der Waals surface area contributed by atoms with Gasteiger partial charge in [-0.05, 0) is 37.0 Å². The highest BCUT2D eigenvalue weighted by molar-refractivity contribution is 6.02. The lowest BCUT2D eigenvalue weighted by molar-refractivity contribution is -0.131. The van der Waals surface area contributed by atoms with Crippen molar-refractivity contribution < 1.29 is 23.1 Å². The monoisotopic (exact) mass is 351 g/mol. The number of hydrogen-bond donors (Lipinski definition) is 3. The Kier molecular flexibility index (Phi) is 4.87. The van der Waals surface area contributed by atoms with E-state index < -0.39 is 12.3 Å². The molecule has 2 aromatic rings. The van der Waals surface area contributed by atoms with Gasteiger partial charge in [0.25, 0.3) is 11.8 Å². The van der Waals surface area contributed by atoms with Crippen molar-refractivity contribution in [2.75, 3.05) is 20.2 Å². The van der Waals surface area contributed by atoms with E-state index in [1.165, 1.54) is 7.05 Å². The van der Waals surface area contributed by atoms with Gasteiger partial charge < -0.3 is 20.4 Å². The lowest BCUT2D eigenvalue weighted by Gasteiger charge is -2.18. The first-order chi connectivity index (χ1) is 12.0. The molecule has 0 aliphatic carbocycles. The molecule has 0 atom stereocenters. The number of aryl methyl sites for hydroxylation is 1. The highest BCUT2D eigenvalue weighted by atomic mass is 19.3. The molecule has 6 nitrogen and oxygen atoms in total. The topological polar surface area (TPSA) is 83.2 Å². The van der Waals surface area contributed by atoms with Gasteiger partial charge in [-0.25, -0.2) is 0 Å². The second kappa shape index (κ2) is 7.08. The van der Waals surface area contributed by atoms with Gasteiger partial charge >= 0.3 is 6.43 Å². The molecule has 8 heteroatoms. The molecule has 134 valence electrons. The van der Waals surface area contributed by atoms with Gasteiger partial charge in [-0.1, -0.05) is 0 Å². The van der Waals surface area contributed by atoms with Crippen LogP contribution < -0.4 is 15.4 Å². The van der Waals surface area contributed by atoms with Crippen LogP contribution in [0.25, 0.3) is 10.9 Å². The minimum atomic E-state index is -3.05. The zero-order chi connectivity index (χ0) is 18.0. The van der Waals surface area contributed by atoms with Crippen LogP contribution >= 0.6 is 0 Å². The number of carbonyl (C=O) groups is 2. The molecule has 0 saturated heterocycles. The number of rotatable bonds is 5. The fraction of sp³-hybridized carbons (Fsp3) is 0.412. The maximum atomic E-state index is 12.3. The fourth-order valence-corrected chi connectivity index (χ4v) is 3.18. The highest BCUT2D eigenvalue weighted by Gasteiger charge is 2.23. The van der Waals surface area contributed by atoms with Crippen molar-refractivity contribution in [3.8, 4) is 5.75 Å². The number of H-pyrrole nitrogens is 1. The van der Waals surface area contributed by atoms with Gasteiger partial charge in [0, 0.05) is 30.1 Å². The third-order valence-corrected chi connectivity index (χ3v) is 4.29. The molecule has 0 unspecified atom stereocenters. The maximum Gasteiger partial charge on any atom is 0.315 e. The van der Waals surface area contributed by atoms with Crippen LogP contribution in [0.4, 0.5) is 8.78 Å². The number of fused-ring (bicyclic) bond motifs is 3. The molecule has 0 spiro atoms. The van der Waals surface area contributed by atoms with E-state index in [2.05, 4.69) is 15.6 Å². The summed E-state index contributed by atoms with van der Waals surface area (Å²) >= 11 is 0. The number of hydrogen-bond acceptors (Lipinski definition) is 3. The van der Waals surface area contributed by atoms with E-state index >= 15 is 0 Å². The van der Waals surface area contributed by atoms with Crippen molar-refractivity contribution >= 4 is 22.7 Å². The van der Waals surface area contributed by atoms with Crippen molar-refractivity contribution in [3.05, 3.63) is 29.0 Å². The number of ether oxygens (including phenoxy) is 1. The van der Waals surface area contributed by atoms with E-state index in [1.54, 1.807) is 0 Å². The predicted octanol–water partition coefficient (Wildman–Crippen LogP) is 1.78. The summed E-state index contributed by atoms with van der Waals surface area (Å²) in [6, 6.07) is 3.70. The third-order valence-electron chi connectivity index (χ3n) is 4.29. The smallest absolute Gasteiger partial charge is 0.315 e. The number of aromatic amines is 1. The second-order valence-corrected chi connectivity index (χ2v) is 5.82. The van der Waals surface area contributed by atoms with Crippen LogP contribution in [0.15, 0.2) is 12.1 Å². The molecule has 3 N–H and O–H groups in total. The Balaban J connectivity index is 2.00. The molecule has 0 saturated carbocycles. The molecule has 1 aliphatic heterocycles. The van der Waals surface area contributed by atoms with Gasteiger partial charge in [0.15, 0.2) is 0 Å². The number of halogens is 2. The van der Waals surface area contributed by atoms with E-state index in [4.69, 9.17) is 4.74 Å². The lowest BCUT2D eigenvalue weighted by Crippen LogP contribution is -2.31. The summed E-state index contributed by atoms with van der Waals surface area (Å²) in [4.78, 5) is 26.4. The summed E-state index contributed by atoms with van der Waals surface area (Å²) in [7, 11) is 1.52. The predicted molar refractivity (Wildman–Crippen MR) is 88.2 cm³/mol. The molecule has 1 aromatic carbocycles. The molecule has 3 rings (SSSR count). The Hall–Kier alpha value is -2.64. The van der Waals surface area contributed by atoms with E-state index in [1.807, 2.05) is 12.1 Å². The molecular weight excluding hydrogens is 332 g/mol. The van der Waals surface area contributed by atoms with Crippen LogP contribution in [0.2, 0.25) is 0 Å². The maximum absolute atomic E-state index is 12.3. The van der Waals surface area contributed by atoms with Gasteiger partial charge in [0.2, 0.25) is 0 Å². The number of aromatic nitrogens is 1. The summed E-state index contributed by atoms with van der Waals surface area (Å²) in [5, 5.41) is 5.63. The zero-order valence-electron chi connectivity index (χ0n) is 13.7. The normalized spacial score (nSPS) is 13.4. The molecule has 0 fully saturated rings. The number of amides is 2. The van der Waals surface area contributed by atoms with Gasteiger partial charge in [-0.3, -0.25) is 9.59 Å². The molecule has 0 radical (unpaired) electrons. The average molecular weight is 351 g/mol. The van der Waals surface area contributed by atoms with Crippen LogP contribution in [0.3, 0.4) is 0 Å². The van der Waals surface area contributed by atoms with Crippen molar-refractivity contribution in [3.63, 3.8) is 0 Å². The van der Waals surface area contributed by atoms with Crippen LogP contribution in [0.1, 0.15) is 28.0 Å². The van der Waals surface area contributed by atoms with Crippen molar-refractivity contribution in [1.82, 2.24) is 15.6 Å². The van der Waals surface area contributed by atoms with Gasteiger partial charge in [0.05, 0.1) is 6.61 Å². The SMILES string of the molecule is CNC(=O)c1[nH]c2ccc3c(c2c1CCNC(=O)C(F)F)CCCO3. The van der Waals surface area contributed by atoms with E-state index in [9.17, 15) is 18.4 Å². The summed E-state index contributed by atoms with van der Waals surface area (Å²) in [5.41, 5.74) is 2.87. The molecule has 1 aromatic heterocycles.